The van der Waals surface area contributed by atoms with Crippen LogP contribution in [0.3, 0.4) is 0 Å². The molecule has 0 atom stereocenters. The highest BCUT2D eigenvalue weighted by atomic mass is 35.5. The summed E-state index contributed by atoms with van der Waals surface area (Å²) in [5.74, 6) is 0. The fraction of sp³-hybridized carbons (Fsp3) is 1.00. The van der Waals surface area contributed by atoms with Crippen LogP contribution in [0.25, 0.3) is 0 Å². The average molecular weight is 207 g/mol. The van der Waals surface area contributed by atoms with E-state index in [9.17, 15) is 0 Å². The van der Waals surface area contributed by atoms with Crippen LogP contribution in [-0.2, 0) is 0 Å². The van der Waals surface area contributed by atoms with Crippen molar-refractivity contribution in [2.45, 2.75) is 39.7 Å². The second kappa shape index (κ2) is 5.18. The van der Waals surface area contributed by atoms with Gasteiger partial charge in [0.05, 0.1) is 0 Å². The molecule has 0 aromatic heterocycles. The van der Waals surface area contributed by atoms with E-state index >= 15 is 0 Å². The SMILES string of the molecule is CC(C)(C)CN1CCC(N)CC1.Cl. The highest BCUT2D eigenvalue weighted by Crippen LogP contribution is 2.18. The van der Waals surface area contributed by atoms with Crippen molar-refractivity contribution in [2.24, 2.45) is 11.1 Å². The van der Waals surface area contributed by atoms with E-state index in [1.54, 1.807) is 0 Å². The molecule has 0 bridgehead atoms. The molecule has 0 spiro atoms. The van der Waals surface area contributed by atoms with Crippen molar-refractivity contribution in [2.75, 3.05) is 19.6 Å². The number of piperidine rings is 1. The van der Waals surface area contributed by atoms with Crippen molar-refractivity contribution >= 4 is 12.4 Å². The zero-order valence-corrected chi connectivity index (χ0v) is 9.86. The second-order valence-corrected chi connectivity index (χ2v) is 5.17. The number of nitrogens with two attached hydrogens (primary N) is 1. The summed E-state index contributed by atoms with van der Waals surface area (Å²) in [5, 5.41) is 0. The van der Waals surface area contributed by atoms with Crippen LogP contribution in [0.2, 0.25) is 0 Å². The van der Waals surface area contributed by atoms with Gasteiger partial charge < -0.3 is 10.6 Å². The lowest BCUT2D eigenvalue weighted by atomic mass is 9.94. The van der Waals surface area contributed by atoms with Gasteiger partial charge in [0, 0.05) is 12.6 Å². The lowest BCUT2D eigenvalue weighted by Crippen LogP contribution is -2.43. The quantitative estimate of drug-likeness (QED) is 0.710. The number of likely N-dealkylation sites (tertiary alicyclic amines) is 1. The van der Waals surface area contributed by atoms with Gasteiger partial charge in [0.25, 0.3) is 0 Å². The summed E-state index contributed by atoms with van der Waals surface area (Å²) in [6, 6.07) is 0.459. The fourth-order valence-electron chi connectivity index (χ4n) is 1.78. The van der Waals surface area contributed by atoms with Crippen LogP contribution in [0.5, 0.6) is 0 Å². The predicted octanol–water partition coefficient (Wildman–Crippen LogP) is 1.88. The molecule has 2 N–H and O–H groups in total. The van der Waals surface area contributed by atoms with Crippen LogP contribution in [0.1, 0.15) is 33.6 Å². The molecule has 0 amide bonds. The molecule has 0 aromatic carbocycles. The molecular formula is C10H23ClN2. The Morgan fingerprint density at radius 3 is 2.08 bits per heavy atom. The van der Waals surface area contributed by atoms with Crippen LogP contribution in [0, 0.1) is 5.41 Å². The van der Waals surface area contributed by atoms with Crippen LogP contribution in [-0.4, -0.2) is 30.6 Å². The van der Waals surface area contributed by atoms with Gasteiger partial charge in [-0.05, 0) is 31.3 Å². The predicted molar refractivity (Wildman–Crippen MR) is 60.4 cm³/mol. The van der Waals surface area contributed by atoms with Crippen molar-refractivity contribution in [3.8, 4) is 0 Å². The van der Waals surface area contributed by atoms with E-state index in [0.717, 1.165) is 0 Å². The maximum Gasteiger partial charge on any atom is 0.00631 e. The fourth-order valence-corrected chi connectivity index (χ4v) is 1.78. The standard InChI is InChI=1S/C10H22N2.ClH/c1-10(2,3)8-12-6-4-9(11)5-7-12;/h9H,4-8,11H2,1-3H3;1H. The van der Waals surface area contributed by atoms with Crippen LogP contribution >= 0.6 is 12.4 Å². The summed E-state index contributed by atoms with van der Waals surface area (Å²) in [6.45, 7) is 10.5. The molecule has 1 fully saturated rings. The summed E-state index contributed by atoms with van der Waals surface area (Å²) < 4.78 is 0. The molecule has 1 aliphatic rings. The molecule has 13 heavy (non-hydrogen) atoms. The van der Waals surface area contributed by atoms with E-state index in [2.05, 4.69) is 25.7 Å². The van der Waals surface area contributed by atoms with Crippen molar-refractivity contribution in [3.63, 3.8) is 0 Å². The highest BCUT2D eigenvalue weighted by Gasteiger charge is 2.20. The molecule has 0 aliphatic carbocycles. The topological polar surface area (TPSA) is 29.3 Å². The zero-order valence-electron chi connectivity index (χ0n) is 9.05. The van der Waals surface area contributed by atoms with Crippen molar-refractivity contribution < 1.29 is 0 Å². The lowest BCUT2D eigenvalue weighted by Gasteiger charge is -2.34. The van der Waals surface area contributed by atoms with Gasteiger partial charge in [-0.25, -0.2) is 0 Å². The Morgan fingerprint density at radius 2 is 1.69 bits per heavy atom. The second-order valence-electron chi connectivity index (χ2n) is 5.17. The van der Waals surface area contributed by atoms with E-state index < -0.39 is 0 Å². The third-order valence-corrected chi connectivity index (χ3v) is 2.33. The number of halogens is 1. The summed E-state index contributed by atoms with van der Waals surface area (Å²) in [5.41, 5.74) is 6.27. The number of rotatable bonds is 1. The van der Waals surface area contributed by atoms with E-state index in [0.29, 0.717) is 11.5 Å². The lowest BCUT2D eigenvalue weighted by molar-refractivity contribution is 0.155. The first kappa shape index (κ1) is 13.2. The molecule has 0 radical (unpaired) electrons. The normalized spacial score (nSPS) is 21.2. The van der Waals surface area contributed by atoms with E-state index in [-0.39, 0.29) is 12.4 Å². The minimum Gasteiger partial charge on any atom is -0.328 e. The highest BCUT2D eigenvalue weighted by molar-refractivity contribution is 5.85. The Labute approximate surface area is 88.3 Å². The Morgan fingerprint density at radius 1 is 1.23 bits per heavy atom. The summed E-state index contributed by atoms with van der Waals surface area (Å²) >= 11 is 0. The number of hydrogen-bond donors (Lipinski definition) is 1. The molecule has 3 heteroatoms. The van der Waals surface area contributed by atoms with Crippen molar-refractivity contribution in [1.82, 2.24) is 4.90 Å². The molecular weight excluding hydrogens is 184 g/mol. The van der Waals surface area contributed by atoms with Gasteiger partial charge in [0.1, 0.15) is 0 Å². The van der Waals surface area contributed by atoms with Gasteiger partial charge >= 0.3 is 0 Å². The van der Waals surface area contributed by atoms with Gasteiger partial charge in [0.15, 0.2) is 0 Å². The van der Waals surface area contributed by atoms with Gasteiger partial charge in [-0.2, -0.15) is 0 Å². The van der Waals surface area contributed by atoms with Gasteiger partial charge in [-0.3, -0.25) is 0 Å². The van der Waals surface area contributed by atoms with Crippen LogP contribution in [0.4, 0.5) is 0 Å². The van der Waals surface area contributed by atoms with Gasteiger partial charge in [-0.15, -0.1) is 12.4 Å². The maximum atomic E-state index is 5.83. The largest absolute Gasteiger partial charge is 0.328 e. The van der Waals surface area contributed by atoms with E-state index in [4.69, 9.17) is 5.73 Å². The number of hydrogen-bond acceptors (Lipinski definition) is 2. The minimum atomic E-state index is 0. The molecule has 1 heterocycles. The Kier molecular flexibility index (Phi) is 5.26. The molecule has 2 nitrogen and oxygen atoms in total. The Hall–Kier alpha value is 0.210. The first-order valence-electron chi connectivity index (χ1n) is 4.95. The molecule has 80 valence electrons. The molecule has 0 unspecified atom stereocenters. The van der Waals surface area contributed by atoms with E-state index in [1.807, 2.05) is 0 Å². The Bertz CT molecular complexity index is 134. The summed E-state index contributed by atoms with van der Waals surface area (Å²) in [6.07, 6.45) is 2.35. The number of nitrogens with zero attached hydrogens (tertiary/aromatic N) is 1. The zero-order chi connectivity index (χ0) is 9.19. The third kappa shape index (κ3) is 5.50. The summed E-state index contributed by atoms with van der Waals surface area (Å²) in [4.78, 5) is 2.53. The first-order valence-corrected chi connectivity index (χ1v) is 4.95. The van der Waals surface area contributed by atoms with E-state index in [1.165, 1.54) is 32.5 Å². The summed E-state index contributed by atoms with van der Waals surface area (Å²) in [7, 11) is 0. The molecule has 1 rings (SSSR count). The molecule has 1 saturated heterocycles. The molecule has 0 saturated carbocycles. The molecule has 0 aromatic rings. The maximum absolute atomic E-state index is 5.83. The first-order chi connectivity index (χ1) is 5.47. The Balaban J connectivity index is 0.00000144. The smallest absolute Gasteiger partial charge is 0.00631 e. The van der Waals surface area contributed by atoms with Gasteiger partial charge in [-0.1, -0.05) is 20.8 Å². The third-order valence-electron chi connectivity index (χ3n) is 2.33. The van der Waals surface area contributed by atoms with Crippen molar-refractivity contribution in [3.05, 3.63) is 0 Å². The van der Waals surface area contributed by atoms with Crippen LogP contribution in [0.15, 0.2) is 0 Å². The minimum absolute atomic E-state index is 0. The monoisotopic (exact) mass is 206 g/mol. The van der Waals surface area contributed by atoms with Crippen molar-refractivity contribution in [1.29, 1.82) is 0 Å². The van der Waals surface area contributed by atoms with Crippen LogP contribution < -0.4 is 5.73 Å². The van der Waals surface area contributed by atoms with Gasteiger partial charge in [0.2, 0.25) is 0 Å². The average Bonchev–Trinajstić information content (AvgIpc) is 1.91. The molecule has 1 aliphatic heterocycles.